The van der Waals surface area contributed by atoms with Crippen LogP contribution in [0.2, 0.25) is 0 Å². The van der Waals surface area contributed by atoms with E-state index in [0.717, 1.165) is 5.56 Å². The van der Waals surface area contributed by atoms with Crippen molar-refractivity contribution >= 4 is 5.97 Å². The van der Waals surface area contributed by atoms with Gasteiger partial charge in [-0.05, 0) is 5.56 Å². The van der Waals surface area contributed by atoms with Crippen LogP contribution in [0.25, 0.3) is 0 Å². The zero-order chi connectivity index (χ0) is 13.8. The molecule has 0 saturated carbocycles. The van der Waals surface area contributed by atoms with E-state index in [1.807, 2.05) is 30.3 Å². The minimum atomic E-state index is -1.33. The van der Waals surface area contributed by atoms with E-state index in [1.165, 1.54) is 0 Å². The van der Waals surface area contributed by atoms with Gasteiger partial charge in [-0.3, -0.25) is 0 Å². The number of carbonyl (C=O) groups is 1. The Morgan fingerprint density at radius 2 is 2.00 bits per heavy atom. The Morgan fingerprint density at radius 1 is 1.32 bits per heavy atom. The van der Waals surface area contributed by atoms with Crippen LogP contribution >= 0.6 is 0 Å². The van der Waals surface area contributed by atoms with Crippen molar-refractivity contribution in [2.75, 3.05) is 6.61 Å². The summed E-state index contributed by atoms with van der Waals surface area (Å²) in [5.41, 5.74) is 0.833. The van der Waals surface area contributed by atoms with Crippen LogP contribution in [0.1, 0.15) is 5.56 Å². The highest BCUT2D eigenvalue weighted by Crippen LogP contribution is 2.25. The summed E-state index contributed by atoms with van der Waals surface area (Å²) in [4.78, 5) is 11.2. The predicted octanol–water partition coefficient (Wildman–Crippen LogP) is 0.251. The van der Waals surface area contributed by atoms with E-state index in [1.54, 1.807) is 0 Å². The van der Waals surface area contributed by atoms with E-state index in [0.29, 0.717) is 0 Å². The second-order valence-electron chi connectivity index (χ2n) is 4.06. The molecule has 6 nitrogen and oxygen atoms in total. The molecule has 0 radical (unpaired) electrons. The van der Waals surface area contributed by atoms with Gasteiger partial charge in [-0.2, -0.15) is 0 Å². The molecule has 6 heteroatoms. The molecule has 19 heavy (non-hydrogen) atoms. The maximum absolute atomic E-state index is 11.2. The monoisotopic (exact) mass is 266 g/mol. The lowest BCUT2D eigenvalue weighted by atomic mass is 10.2. The first kappa shape index (κ1) is 13.4. The van der Waals surface area contributed by atoms with E-state index in [2.05, 4.69) is 0 Å². The fourth-order valence-electron chi connectivity index (χ4n) is 1.69. The van der Waals surface area contributed by atoms with Crippen molar-refractivity contribution in [2.45, 2.75) is 18.8 Å². The Labute approximate surface area is 109 Å². The first-order chi connectivity index (χ1) is 9.13. The second kappa shape index (κ2) is 5.73. The zero-order valence-electron chi connectivity index (χ0n) is 10.0. The highest BCUT2D eigenvalue weighted by atomic mass is 16.6. The third-order valence-electron chi connectivity index (χ3n) is 2.69. The van der Waals surface area contributed by atoms with Gasteiger partial charge in [0.2, 0.25) is 5.76 Å². The lowest BCUT2D eigenvalue weighted by Crippen LogP contribution is -2.32. The van der Waals surface area contributed by atoms with Crippen molar-refractivity contribution in [1.29, 1.82) is 0 Å². The molecule has 0 aliphatic carbocycles. The SMILES string of the molecule is O=C1O[C@H]([C@@H](O)CO)C(OCc2ccccc2)=C1O. The Morgan fingerprint density at radius 3 is 2.63 bits per heavy atom. The van der Waals surface area contributed by atoms with Gasteiger partial charge in [0, 0.05) is 0 Å². The minimum absolute atomic E-state index is 0.117. The molecule has 102 valence electrons. The van der Waals surface area contributed by atoms with Gasteiger partial charge in [0.1, 0.15) is 12.7 Å². The lowest BCUT2D eigenvalue weighted by Gasteiger charge is -2.18. The van der Waals surface area contributed by atoms with Crippen LogP contribution in [-0.4, -0.2) is 40.1 Å². The number of hydrogen-bond acceptors (Lipinski definition) is 6. The molecule has 0 amide bonds. The van der Waals surface area contributed by atoms with Gasteiger partial charge in [-0.25, -0.2) is 4.79 Å². The van der Waals surface area contributed by atoms with Gasteiger partial charge >= 0.3 is 5.97 Å². The van der Waals surface area contributed by atoms with Crippen molar-refractivity contribution in [3.05, 3.63) is 47.4 Å². The molecular formula is C13H14O6. The standard InChI is InChI=1S/C13H14O6/c14-6-9(15)11-12(10(16)13(17)19-11)18-7-8-4-2-1-3-5-8/h1-5,9,11,14-16H,6-7H2/t9-,11+/m0/s1. The smallest absolute Gasteiger partial charge is 0.378 e. The number of cyclic esters (lactones) is 1. The lowest BCUT2D eigenvalue weighted by molar-refractivity contribution is -0.148. The van der Waals surface area contributed by atoms with Crippen LogP contribution in [0.15, 0.2) is 41.9 Å². The van der Waals surface area contributed by atoms with E-state index in [9.17, 15) is 15.0 Å². The Hall–Kier alpha value is -2.05. The molecule has 1 aromatic carbocycles. The zero-order valence-corrected chi connectivity index (χ0v) is 10.0. The average molecular weight is 266 g/mol. The number of benzene rings is 1. The number of ether oxygens (including phenoxy) is 2. The van der Waals surface area contributed by atoms with E-state index in [4.69, 9.17) is 14.6 Å². The molecule has 3 N–H and O–H groups in total. The van der Waals surface area contributed by atoms with Crippen molar-refractivity contribution in [2.24, 2.45) is 0 Å². The summed E-state index contributed by atoms with van der Waals surface area (Å²) < 4.78 is 10.0. The Kier molecular flexibility index (Phi) is 4.03. The van der Waals surface area contributed by atoms with Gasteiger partial charge in [0.05, 0.1) is 6.61 Å². The third kappa shape index (κ3) is 2.86. The fraction of sp³-hybridized carbons (Fsp3) is 0.308. The van der Waals surface area contributed by atoms with Crippen molar-refractivity contribution in [3.63, 3.8) is 0 Å². The molecule has 1 aliphatic heterocycles. The summed E-state index contributed by atoms with van der Waals surface area (Å²) in [6, 6.07) is 9.12. The van der Waals surface area contributed by atoms with Crippen LogP contribution in [0.4, 0.5) is 0 Å². The summed E-state index contributed by atoms with van der Waals surface area (Å²) >= 11 is 0. The molecule has 1 aliphatic rings. The maximum atomic E-state index is 11.2. The van der Waals surface area contributed by atoms with Crippen molar-refractivity contribution in [1.82, 2.24) is 0 Å². The van der Waals surface area contributed by atoms with Crippen LogP contribution in [0.5, 0.6) is 0 Å². The quantitative estimate of drug-likeness (QED) is 0.661. The predicted molar refractivity (Wildman–Crippen MR) is 63.9 cm³/mol. The molecule has 0 bridgehead atoms. The Balaban J connectivity index is 2.09. The minimum Gasteiger partial charge on any atom is -0.499 e. The highest BCUT2D eigenvalue weighted by Gasteiger charge is 2.40. The molecule has 0 unspecified atom stereocenters. The summed E-state index contributed by atoms with van der Waals surface area (Å²) in [7, 11) is 0. The summed E-state index contributed by atoms with van der Waals surface area (Å²) in [6.07, 6.45) is -2.51. The molecule has 0 fully saturated rings. The summed E-state index contributed by atoms with van der Waals surface area (Å²) in [6.45, 7) is -0.491. The topological polar surface area (TPSA) is 96.2 Å². The normalized spacial score (nSPS) is 20.3. The molecule has 0 saturated heterocycles. The van der Waals surface area contributed by atoms with Crippen molar-refractivity contribution in [3.8, 4) is 0 Å². The van der Waals surface area contributed by atoms with Gasteiger partial charge in [0.25, 0.3) is 0 Å². The molecule has 2 atom stereocenters. The van der Waals surface area contributed by atoms with E-state index in [-0.39, 0.29) is 12.4 Å². The first-order valence-corrected chi connectivity index (χ1v) is 5.73. The summed E-state index contributed by atoms with van der Waals surface area (Å²) in [5, 5.41) is 27.9. The number of aliphatic hydroxyl groups is 3. The van der Waals surface area contributed by atoms with Gasteiger partial charge < -0.3 is 24.8 Å². The van der Waals surface area contributed by atoms with Gasteiger partial charge in [-0.1, -0.05) is 30.3 Å². The number of hydrogen-bond donors (Lipinski definition) is 3. The number of carbonyl (C=O) groups excluding carboxylic acids is 1. The van der Waals surface area contributed by atoms with E-state index < -0.39 is 30.5 Å². The van der Waals surface area contributed by atoms with Crippen LogP contribution < -0.4 is 0 Å². The first-order valence-electron chi connectivity index (χ1n) is 5.73. The van der Waals surface area contributed by atoms with Crippen molar-refractivity contribution < 1.29 is 29.6 Å². The van der Waals surface area contributed by atoms with E-state index >= 15 is 0 Å². The summed E-state index contributed by atoms with van der Waals surface area (Å²) in [5.74, 6) is -1.80. The van der Waals surface area contributed by atoms with Gasteiger partial charge in [0.15, 0.2) is 11.9 Å². The van der Waals surface area contributed by atoms with Crippen LogP contribution in [-0.2, 0) is 20.9 Å². The molecular weight excluding hydrogens is 252 g/mol. The molecule has 1 heterocycles. The second-order valence-corrected chi connectivity index (χ2v) is 4.06. The maximum Gasteiger partial charge on any atom is 0.378 e. The van der Waals surface area contributed by atoms with Crippen LogP contribution in [0, 0.1) is 0 Å². The number of aliphatic hydroxyl groups excluding tert-OH is 3. The fourth-order valence-corrected chi connectivity index (χ4v) is 1.69. The molecule has 0 spiro atoms. The number of rotatable bonds is 5. The molecule has 1 aromatic rings. The number of esters is 1. The molecule has 0 aromatic heterocycles. The van der Waals surface area contributed by atoms with Gasteiger partial charge in [-0.15, -0.1) is 0 Å². The largest absolute Gasteiger partial charge is 0.499 e. The third-order valence-corrected chi connectivity index (χ3v) is 2.69. The average Bonchev–Trinajstić information content (AvgIpc) is 2.73. The van der Waals surface area contributed by atoms with Crippen LogP contribution in [0.3, 0.4) is 0 Å². The Bertz CT molecular complexity index is 481. The highest BCUT2D eigenvalue weighted by molar-refractivity contribution is 5.89. The molecule has 2 rings (SSSR count).